The van der Waals surface area contributed by atoms with E-state index in [1.165, 1.54) is 0 Å². The molecule has 1 saturated heterocycles. The van der Waals surface area contributed by atoms with E-state index < -0.39 is 0 Å². The number of hydrogen-bond acceptors (Lipinski definition) is 3. The van der Waals surface area contributed by atoms with Crippen molar-refractivity contribution in [2.45, 2.75) is 19.3 Å². The minimum Gasteiger partial charge on any atom is -0.358 e. The van der Waals surface area contributed by atoms with E-state index in [2.05, 4.69) is 10.2 Å². The van der Waals surface area contributed by atoms with Gasteiger partial charge in [0.2, 0.25) is 5.91 Å². The van der Waals surface area contributed by atoms with E-state index >= 15 is 0 Å². The molecule has 2 rings (SSSR count). The zero-order chi connectivity index (χ0) is 14.4. The first-order valence-corrected chi connectivity index (χ1v) is 7.18. The molecule has 1 unspecified atom stereocenters. The van der Waals surface area contributed by atoms with E-state index in [1.807, 2.05) is 30.3 Å². The number of Topliss-reactive ketones (excluding diaryl/α,β-unsaturated/α-hetero) is 1. The third-order valence-electron chi connectivity index (χ3n) is 3.83. The maximum atomic E-state index is 12.3. The minimum atomic E-state index is 0.0150. The summed E-state index contributed by atoms with van der Waals surface area (Å²) in [4.78, 5) is 25.8. The van der Waals surface area contributed by atoms with Crippen LogP contribution in [0, 0.1) is 5.92 Å². The third-order valence-corrected chi connectivity index (χ3v) is 3.83. The van der Waals surface area contributed by atoms with Crippen molar-refractivity contribution in [2.24, 2.45) is 5.92 Å². The molecule has 1 aromatic rings. The number of piperidine rings is 1. The monoisotopic (exact) mass is 274 g/mol. The van der Waals surface area contributed by atoms with Gasteiger partial charge in [-0.1, -0.05) is 30.3 Å². The quantitative estimate of drug-likeness (QED) is 0.879. The molecular formula is C16H22N2O2. The van der Waals surface area contributed by atoms with Gasteiger partial charge in [-0.05, 0) is 24.9 Å². The van der Waals surface area contributed by atoms with Gasteiger partial charge in [0.25, 0.3) is 0 Å². The van der Waals surface area contributed by atoms with Crippen LogP contribution in [0.4, 0.5) is 0 Å². The van der Waals surface area contributed by atoms with E-state index in [9.17, 15) is 9.59 Å². The number of carbonyl (C=O) groups excluding carboxylic acids is 2. The topological polar surface area (TPSA) is 49.4 Å². The Morgan fingerprint density at radius 1 is 1.30 bits per heavy atom. The normalized spacial score (nSPS) is 19.6. The molecule has 0 bridgehead atoms. The van der Waals surface area contributed by atoms with Gasteiger partial charge in [0.15, 0.2) is 0 Å². The second-order valence-corrected chi connectivity index (χ2v) is 5.38. The maximum absolute atomic E-state index is 12.3. The smallest absolute Gasteiger partial charge is 0.233 e. The molecule has 1 aliphatic heterocycles. The Kier molecular flexibility index (Phi) is 5.30. The van der Waals surface area contributed by atoms with Crippen LogP contribution >= 0.6 is 0 Å². The molecule has 1 aliphatic rings. The summed E-state index contributed by atoms with van der Waals surface area (Å²) in [5.74, 6) is 0.368. The average Bonchev–Trinajstić information content (AvgIpc) is 2.48. The van der Waals surface area contributed by atoms with Crippen LogP contribution in [0.15, 0.2) is 30.3 Å². The van der Waals surface area contributed by atoms with E-state index in [0.29, 0.717) is 19.5 Å². The Labute approximate surface area is 120 Å². The highest BCUT2D eigenvalue weighted by Gasteiger charge is 2.26. The van der Waals surface area contributed by atoms with E-state index in [1.54, 1.807) is 7.05 Å². The third kappa shape index (κ3) is 4.17. The van der Waals surface area contributed by atoms with Crippen molar-refractivity contribution in [1.82, 2.24) is 10.2 Å². The number of hydrogen-bond donors (Lipinski definition) is 1. The zero-order valence-corrected chi connectivity index (χ0v) is 12.0. The van der Waals surface area contributed by atoms with Gasteiger partial charge in [-0.3, -0.25) is 14.5 Å². The molecule has 0 saturated carbocycles. The van der Waals surface area contributed by atoms with Gasteiger partial charge < -0.3 is 5.32 Å². The van der Waals surface area contributed by atoms with Crippen LogP contribution in [0.5, 0.6) is 0 Å². The van der Waals surface area contributed by atoms with Gasteiger partial charge >= 0.3 is 0 Å². The van der Waals surface area contributed by atoms with Crippen molar-refractivity contribution in [3.8, 4) is 0 Å². The van der Waals surface area contributed by atoms with Crippen LogP contribution in [0.25, 0.3) is 0 Å². The minimum absolute atomic E-state index is 0.0150. The summed E-state index contributed by atoms with van der Waals surface area (Å²) in [7, 11) is 1.64. The van der Waals surface area contributed by atoms with Crippen LogP contribution < -0.4 is 5.32 Å². The largest absolute Gasteiger partial charge is 0.358 e. The van der Waals surface area contributed by atoms with Gasteiger partial charge in [-0.15, -0.1) is 0 Å². The average molecular weight is 274 g/mol. The number of amides is 1. The molecule has 1 heterocycles. The second kappa shape index (κ2) is 7.20. The van der Waals surface area contributed by atoms with Gasteiger partial charge in [0.1, 0.15) is 5.78 Å². The standard InChI is InChI=1S/C16H22N2O2/c1-17-16(20)12-18-9-5-8-14(11-18)15(19)10-13-6-3-2-4-7-13/h2-4,6-7,14H,5,8-12H2,1H3,(H,17,20). The summed E-state index contributed by atoms with van der Waals surface area (Å²) in [6, 6.07) is 9.86. The Balaban J connectivity index is 1.88. The first kappa shape index (κ1) is 14.7. The summed E-state index contributed by atoms with van der Waals surface area (Å²) in [5, 5.41) is 2.63. The fraction of sp³-hybridized carbons (Fsp3) is 0.500. The Bertz CT molecular complexity index is 459. The van der Waals surface area contributed by atoms with Gasteiger partial charge in [-0.25, -0.2) is 0 Å². The summed E-state index contributed by atoms with van der Waals surface area (Å²) < 4.78 is 0. The number of carbonyl (C=O) groups is 2. The molecule has 0 aromatic heterocycles. The molecule has 0 spiro atoms. The Hall–Kier alpha value is -1.68. The molecule has 4 heteroatoms. The van der Waals surface area contributed by atoms with Crippen LogP contribution in [-0.4, -0.2) is 43.3 Å². The van der Waals surface area contributed by atoms with E-state index in [4.69, 9.17) is 0 Å². The lowest BCUT2D eigenvalue weighted by molar-refractivity contribution is -0.126. The zero-order valence-electron chi connectivity index (χ0n) is 12.0. The number of likely N-dealkylation sites (tertiary alicyclic amines) is 1. The molecule has 20 heavy (non-hydrogen) atoms. The Morgan fingerprint density at radius 2 is 2.05 bits per heavy atom. The lowest BCUT2D eigenvalue weighted by Crippen LogP contribution is -2.43. The van der Waals surface area contributed by atoms with Crippen LogP contribution in [-0.2, 0) is 16.0 Å². The fourth-order valence-electron chi connectivity index (χ4n) is 2.69. The summed E-state index contributed by atoms with van der Waals surface area (Å²) in [5.41, 5.74) is 1.07. The van der Waals surface area contributed by atoms with Crippen LogP contribution in [0.2, 0.25) is 0 Å². The fourth-order valence-corrected chi connectivity index (χ4v) is 2.69. The molecule has 108 valence electrons. The number of nitrogens with one attached hydrogen (secondary N) is 1. The van der Waals surface area contributed by atoms with Crippen molar-refractivity contribution in [1.29, 1.82) is 0 Å². The first-order chi connectivity index (χ1) is 9.69. The summed E-state index contributed by atoms with van der Waals surface area (Å²) in [6.07, 6.45) is 2.43. The number of benzene rings is 1. The summed E-state index contributed by atoms with van der Waals surface area (Å²) in [6.45, 7) is 2.01. The van der Waals surface area contributed by atoms with Gasteiger partial charge in [0.05, 0.1) is 6.54 Å². The van der Waals surface area contributed by atoms with Crippen molar-refractivity contribution in [2.75, 3.05) is 26.7 Å². The highest BCUT2D eigenvalue weighted by Crippen LogP contribution is 2.19. The Morgan fingerprint density at radius 3 is 2.75 bits per heavy atom. The molecule has 1 atom stereocenters. The molecular weight excluding hydrogens is 252 g/mol. The number of ketones is 1. The number of nitrogens with zero attached hydrogens (tertiary/aromatic N) is 1. The lowest BCUT2D eigenvalue weighted by atomic mass is 9.90. The number of rotatable bonds is 5. The van der Waals surface area contributed by atoms with Crippen LogP contribution in [0.3, 0.4) is 0 Å². The predicted molar refractivity (Wildman–Crippen MR) is 78.4 cm³/mol. The van der Waals surface area contributed by atoms with E-state index in [0.717, 1.165) is 24.9 Å². The van der Waals surface area contributed by atoms with Gasteiger partial charge in [-0.2, -0.15) is 0 Å². The molecule has 1 amide bonds. The molecule has 0 radical (unpaired) electrons. The molecule has 1 aromatic carbocycles. The van der Waals surface area contributed by atoms with Crippen molar-refractivity contribution < 1.29 is 9.59 Å². The van der Waals surface area contributed by atoms with Crippen molar-refractivity contribution >= 4 is 11.7 Å². The maximum Gasteiger partial charge on any atom is 0.233 e. The molecule has 4 nitrogen and oxygen atoms in total. The second-order valence-electron chi connectivity index (χ2n) is 5.38. The molecule has 0 aliphatic carbocycles. The first-order valence-electron chi connectivity index (χ1n) is 7.18. The van der Waals surface area contributed by atoms with Crippen molar-refractivity contribution in [3.63, 3.8) is 0 Å². The molecule has 1 N–H and O–H groups in total. The van der Waals surface area contributed by atoms with E-state index in [-0.39, 0.29) is 17.6 Å². The van der Waals surface area contributed by atoms with Gasteiger partial charge in [0, 0.05) is 25.9 Å². The molecule has 1 fully saturated rings. The highest BCUT2D eigenvalue weighted by atomic mass is 16.2. The predicted octanol–water partition coefficient (Wildman–Crippen LogP) is 1.26. The number of likely N-dealkylation sites (N-methyl/N-ethyl adjacent to an activating group) is 1. The summed E-state index contributed by atoms with van der Waals surface area (Å²) >= 11 is 0. The van der Waals surface area contributed by atoms with Crippen molar-refractivity contribution in [3.05, 3.63) is 35.9 Å². The highest BCUT2D eigenvalue weighted by molar-refractivity contribution is 5.83. The SMILES string of the molecule is CNC(=O)CN1CCCC(C(=O)Cc2ccccc2)C1. The van der Waals surface area contributed by atoms with Crippen LogP contribution in [0.1, 0.15) is 18.4 Å². The lowest BCUT2D eigenvalue weighted by Gasteiger charge is -2.31.